The minimum atomic E-state index is -2.51. The zero-order valence-electron chi connectivity index (χ0n) is 9.92. The van der Waals surface area contributed by atoms with Crippen LogP contribution in [0.2, 0.25) is 0 Å². The van der Waals surface area contributed by atoms with Crippen molar-refractivity contribution in [2.24, 2.45) is 5.73 Å². The highest BCUT2D eigenvalue weighted by molar-refractivity contribution is 5.47. The summed E-state index contributed by atoms with van der Waals surface area (Å²) in [6.45, 7) is 3.12. The first-order valence-electron chi connectivity index (χ1n) is 5.80. The van der Waals surface area contributed by atoms with Gasteiger partial charge in [-0.3, -0.25) is 0 Å². The maximum Gasteiger partial charge on any atom is 0.251 e. The van der Waals surface area contributed by atoms with Crippen molar-refractivity contribution in [3.63, 3.8) is 0 Å². The van der Waals surface area contributed by atoms with Gasteiger partial charge in [0, 0.05) is 38.7 Å². The summed E-state index contributed by atoms with van der Waals surface area (Å²) in [5.74, 6) is -1.71. The topological polar surface area (TPSA) is 42.1 Å². The molecule has 3 nitrogen and oxygen atoms in total. The fourth-order valence-electron chi connectivity index (χ4n) is 2.11. The summed E-state index contributed by atoms with van der Waals surface area (Å²) < 4.78 is 26.1. The predicted molar refractivity (Wildman–Crippen MR) is 63.3 cm³/mol. The van der Waals surface area contributed by atoms with Crippen LogP contribution in [0.5, 0.6) is 0 Å². The highest BCUT2D eigenvalue weighted by atomic mass is 19.3. The summed E-state index contributed by atoms with van der Waals surface area (Å²) >= 11 is 0. The average Bonchev–Trinajstić information content (AvgIpc) is 2.29. The Balaban J connectivity index is 2.13. The van der Waals surface area contributed by atoms with Crippen LogP contribution in [0.3, 0.4) is 0 Å². The molecule has 0 radical (unpaired) electrons. The molecule has 1 aromatic rings. The first-order chi connectivity index (χ1) is 8.02. The molecule has 2 N–H and O–H groups in total. The third kappa shape index (κ3) is 2.72. The van der Waals surface area contributed by atoms with E-state index in [2.05, 4.69) is 4.98 Å². The van der Waals surface area contributed by atoms with Gasteiger partial charge in [0.25, 0.3) is 5.92 Å². The van der Waals surface area contributed by atoms with E-state index >= 15 is 0 Å². The van der Waals surface area contributed by atoms with Gasteiger partial charge in [0.05, 0.1) is 0 Å². The van der Waals surface area contributed by atoms with Gasteiger partial charge in [-0.05, 0) is 24.1 Å². The van der Waals surface area contributed by atoms with Crippen LogP contribution >= 0.6 is 0 Å². The van der Waals surface area contributed by atoms with E-state index in [0.29, 0.717) is 19.6 Å². The van der Waals surface area contributed by atoms with Gasteiger partial charge < -0.3 is 10.6 Å². The number of aromatic nitrogens is 1. The van der Waals surface area contributed by atoms with Gasteiger partial charge in [0.1, 0.15) is 5.82 Å². The molecule has 0 amide bonds. The smallest absolute Gasteiger partial charge is 0.251 e. The fourth-order valence-corrected chi connectivity index (χ4v) is 2.11. The number of halogens is 2. The molecule has 0 aromatic carbocycles. The quantitative estimate of drug-likeness (QED) is 0.862. The van der Waals surface area contributed by atoms with Crippen LogP contribution in [0.4, 0.5) is 14.6 Å². The highest BCUT2D eigenvalue weighted by Gasteiger charge is 2.34. The lowest BCUT2D eigenvalue weighted by Gasteiger charge is -2.33. The Morgan fingerprint density at radius 1 is 1.41 bits per heavy atom. The van der Waals surface area contributed by atoms with Gasteiger partial charge >= 0.3 is 0 Å². The van der Waals surface area contributed by atoms with Crippen molar-refractivity contribution in [1.29, 1.82) is 0 Å². The summed E-state index contributed by atoms with van der Waals surface area (Å²) in [6.07, 6.45) is 1.54. The molecule has 1 aromatic heterocycles. The van der Waals surface area contributed by atoms with Crippen LogP contribution in [0.15, 0.2) is 12.3 Å². The number of anilines is 1. The summed E-state index contributed by atoms with van der Waals surface area (Å²) in [7, 11) is 0. The second-order valence-electron chi connectivity index (χ2n) is 4.53. The second kappa shape index (κ2) is 4.56. The molecule has 1 fully saturated rings. The van der Waals surface area contributed by atoms with Gasteiger partial charge in [-0.15, -0.1) is 0 Å². The molecule has 17 heavy (non-hydrogen) atoms. The minimum absolute atomic E-state index is 0.0905. The maximum absolute atomic E-state index is 13.0. The average molecular weight is 241 g/mol. The number of pyridine rings is 1. The van der Waals surface area contributed by atoms with E-state index in [4.69, 9.17) is 5.73 Å². The molecule has 1 saturated heterocycles. The van der Waals surface area contributed by atoms with Crippen LogP contribution in [0.1, 0.15) is 24.0 Å². The predicted octanol–water partition coefficient (Wildman–Crippen LogP) is 2.08. The lowest BCUT2D eigenvalue weighted by molar-refractivity contribution is -0.0221. The Labute approximate surface area is 99.6 Å². The van der Waals surface area contributed by atoms with Crippen molar-refractivity contribution in [3.05, 3.63) is 23.4 Å². The number of hydrogen-bond acceptors (Lipinski definition) is 3. The maximum atomic E-state index is 13.0. The molecule has 0 spiro atoms. The highest BCUT2D eigenvalue weighted by Crippen LogP contribution is 2.30. The molecule has 94 valence electrons. The molecule has 0 unspecified atom stereocenters. The number of nitrogens with zero attached hydrogens (tertiary/aromatic N) is 2. The summed E-state index contributed by atoms with van der Waals surface area (Å²) in [5.41, 5.74) is 7.49. The number of alkyl halides is 2. The fraction of sp³-hybridized carbons (Fsp3) is 0.583. The third-order valence-corrected chi connectivity index (χ3v) is 3.14. The van der Waals surface area contributed by atoms with Crippen molar-refractivity contribution in [2.45, 2.75) is 32.2 Å². The van der Waals surface area contributed by atoms with Crippen molar-refractivity contribution in [1.82, 2.24) is 4.98 Å². The van der Waals surface area contributed by atoms with Crippen LogP contribution < -0.4 is 10.6 Å². The molecule has 1 aliphatic rings. The largest absolute Gasteiger partial charge is 0.356 e. The first-order valence-corrected chi connectivity index (χ1v) is 5.80. The summed E-state index contributed by atoms with van der Waals surface area (Å²) in [6, 6.07) is 1.97. The Morgan fingerprint density at radius 3 is 2.59 bits per heavy atom. The molecule has 2 heterocycles. The van der Waals surface area contributed by atoms with Gasteiger partial charge in [-0.2, -0.15) is 0 Å². The summed E-state index contributed by atoms with van der Waals surface area (Å²) in [4.78, 5) is 6.25. The van der Waals surface area contributed by atoms with E-state index in [1.54, 1.807) is 6.20 Å². The van der Waals surface area contributed by atoms with E-state index in [-0.39, 0.29) is 12.8 Å². The zero-order valence-corrected chi connectivity index (χ0v) is 9.92. The van der Waals surface area contributed by atoms with Crippen molar-refractivity contribution < 1.29 is 8.78 Å². The molecule has 0 bridgehead atoms. The summed E-state index contributed by atoms with van der Waals surface area (Å²) in [5, 5.41) is 0. The Bertz CT molecular complexity index is 397. The van der Waals surface area contributed by atoms with Crippen molar-refractivity contribution >= 4 is 5.82 Å². The second-order valence-corrected chi connectivity index (χ2v) is 4.53. The van der Waals surface area contributed by atoms with E-state index in [1.165, 1.54) is 0 Å². The standard InChI is InChI=1S/C12H17F2N3/c1-9-6-10(7-15)8-16-11(9)17-4-2-12(13,14)3-5-17/h6,8H,2-5,7,15H2,1H3. The minimum Gasteiger partial charge on any atom is -0.356 e. The Morgan fingerprint density at radius 2 is 2.06 bits per heavy atom. The number of aryl methyl sites for hydroxylation is 1. The zero-order chi connectivity index (χ0) is 12.5. The third-order valence-electron chi connectivity index (χ3n) is 3.14. The molecule has 2 rings (SSSR count). The normalized spacial score (nSPS) is 19.4. The molecular formula is C12H17F2N3. The number of nitrogens with two attached hydrogens (primary N) is 1. The van der Waals surface area contributed by atoms with E-state index in [0.717, 1.165) is 16.9 Å². The molecule has 0 aliphatic carbocycles. The van der Waals surface area contributed by atoms with Crippen molar-refractivity contribution in [2.75, 3.05) is 18.0 Å². The number of hydrogen-bond donors (Lipinski definition) is 1. The Hall–Kier alpha value is -1.23. The van der Waals surface area contributed by atoms with Gasteiger partial charge in [-0.1, -0.05) is 0 Å². The van der Waals surface area contributed by atoms with Crippen LogP contribution in [-0.4, -0.2) is 24.0 Å². The number of rotatable bonds is 2. The first kappa shape index (κ1) is 12.2. The van der Waals surface area contributed by atoms with Crippen LogP contribution in [-0.2, 0) is 6.54 Å². The SMILES string of the molecule is Cc1cc(CN)cnc1N1CCC(F)(F)CC1. The lowest BCUT2D eigenvalue weighted by atomic mass is 10.1. The van der Waals surface area contributed by atoms with E-state index in [9.17, 15) is 8.78 Å². The number of piperidine rings is 1. The molecule has 0 atom stereocenters. The van der Waals surface area contributed by atoms with Crippen LogP contribution in [0.25, 0.3) is 0 Å². The van der Waals surface area contributed by atoms with Gasteiger partial charge in [-0.25, -0.2) is 13.8 Å². The Kier molecular flexibility index (Phi) is 3.28. The van der Waals surface area contributed by atoms with Gasteiger partial charge in [0.15, 0.2) is 0 Å². The lowest BCUT2D eigenvalue weighted by Crippen LogP contribution is -2.40. The molecule has 1 aliphatic heterocycles. The van der Waals surface area contributed by atoms with Crippen molar-refractivity contribution in [3.8, 4) is 0 Å². The molecule has 5 heteroatoms. The molecule has 0 saturated carbocycles. The van der Waals surface area contributed by atoms with Gasteiger partial charge in [0.2, 0.25) is 0 Å². The van der Waals surface area contributed by atoms with E-state index < -0.39 is 5.92 Å². The van der Waals surface area contributed by atoms with E-state index in [1.807, 2.05) is 17.9 Å². The van der Waals surface area contributed by atoms with Crippen LogP contribution in [0, 0.1) is 6.92 Å². The monoisotopic (exact) mass is 241 g/mol. The molecular weight excluding hydrogens is 224 g/mol.